The summed E-state index contributed by atoms with van der Waals surface area (Å²) in [7, 11) is 0. The van der Waals surface area contributed by atoms with Gasteiger partial charge in [-0.15, -0.1) is 0 Å². The topological polar surface area (TPSA) is 86.6 Å². The molecule has 1 atom stereocenters. The van der Waals surface area contributed by atoms with Crippen LogP contribution >= 0.6 is 0 Å². The lowest BCUT2D eigenvalue weighted by molar-refractivity contribution is -0.138. The van der Waals surface area contributed by atoms with Gasteiger partial charge in [-0.05, 0) is 0 Å². The van der Waals surface area contributed by atoms with Gasteiger partial charge in [0.1, 0.15) is 6.10 Å². The fourth-order valence-corrected chi connectivity index (χ4v) is 0.616. The molecule has 1 amide bonds. The molecule has 0 aromatic heterocycles. The Kier molecular flexibility index (Phi) is 5.70. The molecular weight excluding hydrogens is 200 g/mol. The Bertz CT molecular complexity index is 210. The molecule has 7 heteroatoms. The van der Waals surface area contributed by atoms with Gasteiger partial charge in [0.2, 0.25) is 5.91 Å². The molecule has 0 spiro atoms. The Morgan fingerprint density at radius 1 is 1.29 bits per heavy atom. The number of carboxylic acid groups (broad SMARTS) is 1. The van der Waals surface area contributed by atoms with E-state index in [0.717, 1.165) is 0 Å². The third-order valence-electron chi connectivity index (χ3n) is 1.37. The van der Waals surface area contributed by atoms with E-state index in [9.17, 15) is 18.4 Å². The molecule has 14 heavy (non-hydrogen) atoms. The normalized spacial score (nSPS) is 12.6. The van der Waals surface area contributed by atoms with Crippen LogP contribution in [0.3, 0.4) is 0 Å². The van der Waals surface area contributed by atoms with Crippen LogP contribution in [0, 0.1) is 0 Å². The van der Waals surface area contributed by atoms with Gasteiger partial charge in [0.15, 0.2) is 0 Å². The van der Waals surface area contributed by atoms with Gasteiger partial charge in [-0.2, -0.15) is 0 Å². The monoisotopic (exact) mass is 211 g/mol. The third kappa shape index (κ3) is 6.30. The Balaban J connectivity index is 3.58. The zero-order valence-corrected chi connectivity index (χ0v) is 7.24. The van der Waals surface area contributed by atoms with Crippen molar-refractivity contribution in [3.8, 4) is 0 Å². The summed E-state index contributed by atoms with van der Waals surface area (Å²) >= 11 is 0. The van der Waals surface area contributed by atoms with E-state index in [4.69, 9.17) is 10.2 Å². The summed E-state index contributed by atoms with van der Waals surface area (Å²) in [5.41, 5.74) is 0. The van der Waals surface area contributed by atoms with E-state index in [1.807, 2.05) is 5.32 Å². The van der Waals surface area contributed by atoms with Crippen LogP contribution in [0.2, 0.25) is 0 Å². The molecule has 0 heterocycles. The first-order valence-electron chi connectivity index (χ1n) is 3.88. The molecule has 0 aromatic carbocycles. The smallest absolute Gasteiger partial charge is 0.303 e. The maximum Gasteiger partial charge on any atom is 0.303 e. The van der Waals surface area contributed by atoms with E-state index < -0.39 is 31.0 Å². The Morgan fingerprint density at radius 2 is 1.86 bits per heavy atom. The predicted octanol–water partition coefficient (Wildman–Crippen LogP) is -0.407. The first-order valence-corrected chi connectivity index (χ1v) is 3.88. The van der Waals surface area contributed by atoms with Gasteiger partial charge in [0.05, 0.1) is 6.42 Å². The Labute approximate surface area is 78.7 Å². The van der Waals surface area contributed by atoms with Crippen LogP contribution in [0.4, 0.5) is 8.78 Å². The van der Waals surface area contributed by atoms with Crippen molar-refractivity contribution in [3.05, 3.63) is 0 Å². The minimum atomic E-state index is -2.92. The third-order valence-corrected chi connectivity index (χ3v) is 1.37. The highest BCUT2D eigenvalue weighted by atomic mass is 19.3. The van der Waals surface area contributed by atoms with Gasteiger partial charge in [-0.3, -0.25) is 9.59 Å². The molecule has 0 fully saturated rings. The van der Waals surface area contributed by atoms with Crippen LogP contribution in [0.15, 0.2) is 0 Å². The second-order valence-electron chi connectivity index (χ2n) is 2.60. The lowest BCUT2D eigenvalue weighted by atomic mass is 10.3. The van der Waals surface area contributed by atoms with Gasteiger partial charge < -0.3 is 15.5 Å². The molecule has 0 radical (unpaired) electrons. The number of carbonyl (C=O) groups excluding carboxylic acids is 1. The molecular formula is C7H11F2NO4. The average molecular weight is 211 g/mol. The number of nitrogens with one attached hydrogen (secondary N) is 1. The zero-order chi connectivity index (χ0) is 11.1. The molecule has 5 nitrogen and oxygen atoms in total. The maximum atomic E-state index is 11.7. The molecule has 0 saturated carbocycles. The number of carbonyl (C=O) groups is 2. The summed E-state index contributed by atoms with van der Waals surface area (Å²) in [6, 6.07) is 0. The average Bonchev–Trinajstić information content (AvgIpc) is 2.10. The largest absolute Gasteiger partial charge is 0.481 e. The van der Waals surface area contributed by atoms with Crippen molar-refractivity contribution in [3.63, 3.8) is 0 Å². The zero-order valence-electron chi connectivity index (χ0n) is 7.24. The quantitative estimate of drug-likeness (QED) is 0.557. The van der Waals surface area contributed by atoms with E-state index in [-0.39, 0.29) is 12.8 Å². The van der Waals surface area contributed by atoms with Crippen LogP contribution in [-0.2, 0) is 9.59 Å². The van der Waals surface area contributed by atoms with Crippen molar-refractivity contribution < 1.29 is 28.6 Å². The van der Waals surface area contributed by atoms with E-state index in [1.54, 1.807) is 0 Å². The van der Waals surface area contributed by atoms with E-state index in [0.29, 0.717) is 0 Å². The minimum absolute atomic E-state index is 0.286. The molecule has 0 bridgehead atoms. The van der Waals surface area contributed by atoms with Crippen molar-refractivity contribution >= 4 is 11.9 Å². The molecule has 3 N–H and O–H groups in total. The van der Waals surface area contributed by atoms with Crippen LogP contribution in [-0.4, -0.2) is 41.2 Å². The number of aliphatic carboxylic acids is 1. The summed E-state index contributed by atoms with van der Waals surface area (Å²) in [4.78, 5) is 20.7. The van der Waals surface area contributed by atoms with Gasteiger partial charge in [-0.25, -0.2) is 8.78 Å². The van der Waals surface area contributed by atoms with Gasteiger partial charge in [0, 0.05) is 13.0 Å². The predicted molar refractivity (Wildman–Crippen MR) is 41.9 cm³/mol. The first-order chi connectivity index (χ1) is 6.43. The molecule has 0 aliphatic rings. The molecule has 0 aliphatic heterocycles. The van der Waals surface area contributed by atoms with Crippen LogP contribution in [0.25, 0.3) is 0 Å². The first kappa shape index (κ1) is 12.8. The van der Waals surface area contributed by atoms with Crippen molar-refractivity contribution in [2.24, 2.45) is 0 Å². The Morgan fingerprint density at radius 3 is 2.29 bits per heavy atom. The second-order valence-corrected chi connectivity index (χ2v) is 2.60. The van der Waals surface area contributed by atoms with E-state index in [1.165, 1.54) is 0 Å². The molecule has 0 saturated heterocycles. The number of amides is 1. The molecule has 0 aliphatic carbocycles. The summed E-state index contributed by atoms with van der Waals surface area (Å²) in [5.74, 6) is -1.82. The molecule has 1 unspecified atom stereocenters. The van der Waals surface area contributed by atoms with Gasteiger partial charge in [-0.1, -0.05) is 0 Å². The number of aliphatic hydroxyl groups excluding tert-OH is 1. The molecule has 0 rings (SSSR count). The van der Waals surface area contributed by atoms with Crippen molar-refractivity contribution in [2.45, 2.75) is 25.4 Å². The number of carboxylic acids is 1. The van der Waals surface area contributed by atoms with Gasteiger partial charge >= 0.3 is 5.97 Å². The number of alkyl halides is 2. The lowest BCUT2D eigenvalue weighted by Crippen LogP contribution is -2.35. The van der Waals surface area contributed by atoms with Crippen LogP contribution < -0.4 is 5.32 Å². The lowest BCUT2D eigenvalue weighted by Gasteiger charge is -2.09. The summed E-state index contributed by atoms with van der Waals surface area (Å²) in [6.45, 7) is -0.573. The highest BCUT2D eigenvalue weighted by Crippen LogP contribution is 1.98. The summed E-state index contributed by atoms with van der Waals surface area (Å²) in [5, 5.41) is 18.7. The number of hydrogen-bond donors (Lipinski definition) is 3. The Hall–Kier alpha value is -1.24. The molecule has 0 aromatic rings. The highest BCUT2D eigenvalue weighted by Gasteiger charge is 2.17. The number of hydrogen-bond acceptors (Lipinski definition) is 3. The fraction of sp³-hybridized carbons (Fsp3) is 0.714. The second kappa shape index (κ2) is 6.25. The maximum absolute atomic E-state index is 11.7. The number of aliphatic hydroxyl groups is 1. The van der Waals surface area contributed by atoms with Crippen molar-refractivity contribution in [1.29, 1.82) is 0 Å². The molecule has 82 valence electrons. The number of rotatable bonds is 6. The summed E-state index contributed by atoms with van der Waals surface area (Å²) in [6.07, 6.45) is -5.49. The fourth-order valence-electron chi connectivity index (χ4n) is 0.616. The van der Waals surface area contributed by atoms with Crippen molar-refractivity contribution in [1.82, 2.24) is 5.32 Å². The van der Waals surface area contributed by atoms with Gasteiger partial charge in [0.25, 0.3) is 6.43 Å². The SMILES string of the molecule is O=C(O)CCC(=O)NCC(O)C(F)F. The van der Waals surface area contributed by atoms with E-state index >= 15 is 0 Å². The van der Waals surface area contributed by atoms with Crippen molar-refractivity contribution in [2.75, 3.05) is 6.54 Å². The van der Waals surface area contributed by atoms with Crippen LogP contribution in [0.1, 0.15) is 12.8 Å². The highest BCUT2D eigenvalue weighted by molar-refractivity contribution is 5.80. The standard InChI is InChI=1S/C7H11F2NO4/c8-7(9)4(11)3-10-5(12)1-2-6(13)14/h4,7,11H,1-3H2,(H,10,12)(H,13,14). The van der Waals surface area contributed by atoms with Crippen LogP contribution in [0.5, 0.6) is 0 Å². The summed E-state index contributed by atoms with van der Waals surface area (Å²) < 4.78 is 23.4. The van der Waals surface area contributed by atoms with E-state index in [2.05, 4.69) is 0 Å². The minimum Gasteiger partial charge on any atom is -0.481 e. The number of halogens is 2.